The van der Waals surface area contributed by atoms with Crippen molar-refractivity contribution < 1.29 is 17.9 Å². The molecule has 0 fully saturated rings. The topological polar surface area (TPSA) is 98.5 Å². The molecule has 21 heavy (non-hydrogen) atoms. The molecule has 0 heterocycles. The highest BCUT2D eigenvalue weighted by atomic mass is 32.2. The zero-order chi connectivity index (χ0) is 16.4. The number of methoxy groups -OCH3 is 1. The molecule has 0 aromatic heterocycles. The minimum Gasteiger partial charge on any atom is -0.468 e. The summed E-state index contributed by atoms with van der Waals surface area (Å²) in [6.45, 7) is 6.80. The van der Waals surface area contributed by atoms with Crippen molar-refractivity contribution in [3.05, 3.63) is 23.3 Å². The Morgan fingerprint density at radius 1 is 1.29 bits per heavy atom. The highest BCUT2D eigenvalue weighted by molar-refractivity contribution is 7.89. The van der Waals surface area contributed by atoms with E-state index in [-0.39, 0.29) is 10.8 Å². The zero-order valence-electron chi connectivity index (χ0n) is 12.9. The third-order valence-corrected chi connectivity index (χ3v) is 5.05. The van der Waals surface area contributed by atoms with Gasteiger partial charge in [0, 0.05) is 5.69 Å². The van der Waals surface area contributed by atoms with Gasteiger partial charge in [0.25, 0.3) is 0 Å². The Kier molecular flexibility index (Phi) is 5.36. The molecule has 0 spiro atoms. The van der Waals surface area contributed by atoms with E-state index in [1.165, 1.54) is 7.11 Å². The van der Waals surface area contributed by atoms with Crippen molar-refractivity contribution in [1.29, 1.82) is 0 Å². The fourth-order valence-electron chi connectivity index (χ4n) is 2.07. The summed E-state index contributed by atoms with van der Waals surface area (Å²) in [5.74, 6) is -0.860. The summed E-state index contributed by atoms with van der Waals surface area (Å²) in [6, 6.07) is 2.35. The summed E-state index contributed by atoms with van der Waals surface area (Å²) in [5.41, 5.74) is 7.21. The van der Waals surface area contributed by atoms with E-state index in [9.17, 15) is 13.2 Å². The quantitative estimate of drug-likeness (QED) is 0.631. The SMILES string of the molecule is COC(=O)C(NS(=O)(=O)c1c(C)ccc(N)c1C)C(C)C. The van der Waals surface area contributed by atoms with Gasteiger partial charge in [-0.15, -0.1) is 0 Å². The first kappa shape index (κ1) is 17.5. The number of benzene rings is 1. The molecule has 0 aliphatic heterocycles. The lowest BCUT2D eigenvalue weighted by molar-refractivity contribution is -0.143. The number of ether oxygens (including phenoxy) is 1. The Morgan fingerprint density at radius 2 is 1.86 bits per heavy atom. The van der Waals surface area contributed by atoms with E-state index in [1.807, 2.05) is 0 Å². The second-order valence-electron chi connectivity index (χ2n) is 5.29. The smallest absolute Gasteiger partial charge is 0.324 e. The third kappa shape index (κ3) is 3.74. The molecule has 0 aliphatic carbocycles. The molecule has 0 aliphatic rings. The molecular weight excluding hydrogens is 292 g/mol. The number of anilines is 1. The highest BCUT2D eigenvalue weighted by Crippen LogP contribution is 2.25. The van der Waals surface area contributed by atoms with Gasteiger partial charge in [0.15, 0.2) is 0 Å². The van der Waals surface area contributed by atoms with Crippen LogP contribution in [0.4, 0.5) is 5.69 Å². The molecule has 3 N–H and O–H groups in total. The largest absolute Gasteiger partial charge is 0.468 e. The number of nitrogens with one attached hydrogen (secondary N) is 1. The van der Waals surface area contributed by atoms with Gasteiger partial charge in [0.05, 0.1) is 12.0 Å². The summed E-state index contributed by atoms with van der Waals surface area (Å²) in [4.78, 5) is 11.8. The van der Waals surface area contributed by atoms with Gasteiger partial charge in [-0.25, -0.2) is 8.42 Å². The number of sulfonamides is 1. The van der Waals surface area contributed by atoms with Crippen LogP contribution >= 0.6 is 0 Å². The monoisotopic (exact) mass is 314 g/mol. The maximum absolute atomic E-state index is 12.6. The van der Waals surface area contributed by atoms with E-state index >= 15 is 0 Å². The number of esters is 1. The van der Waals surface area contributed by atoms with Gasteiger partial charge < -0.3 is 10.5 Å². The molecule has 1 aromatic rings. The number of hydrogen-bond acceptors (Lipinski definition) is 5. The Bertz CT molecular complexity index is 639. The van der Waals surface area contributed by atoms with E-state index < -0.39 is 22.0 Å². The molecule has 1 unspecified atom stereocenters. The minimum absolute atomic E-state index is 0.108. The summed E-state index contributed by atoms with van der Waals surface area (Å²) in [7, 11) is -2.65. The van der Waals surface area contributed by atoms with Crippen molar-refractivity contribution in [3.63, 3.8) is 0 Å². The van der Waals surface area contributed by atoms with Crippen LogP contribution < -0.4 is 10.5 Å². The standard InChI is InChI=1S/C14H22N2O4S/c1-8(2)12(14(17)20-5)16-21(18,19)13-9(3)6-7-11(15)10(13)4/h6-8,12,16H,15H2,1-5H3. The number of carbonyl (C=O) groups excluding carboxylic acids is 1. The van der Waals surface area contributed by atoms with Crippen molar-refractivity contribution in [2.24, 2.45) is 5.92 Å². The van der Waals surface area contributed by atoms with Gasteiger partial charge >= 0.3 is 5.97 Å². The second kappa shape index (κ2) is 6.44. The molecule has 0 bridgehead atoms. The molecule has 1 atom stereocenters. The van der Waals surface area contributed by atoms with Gasteiger partial charge in [0.2, 0.25) is 10.0 Å². The fraction of sp³-hybridized carbons (Fsp3) is 0.500. The average molecular weight is 314 g/mol. The molecule has 7 heteroatoms. The number of aryl methyl sites for hydroxylation is 1. The average Bonchev–Trinajstić information content (AvgIpc) is 2.39. The van der Waals surface area contributed by atoms with E-state index in [0.717, 1.165) is 0 Å². The number of carbonyl (C=O) groups is 1. The van der Waals surface area contributed by atoms with E-state index in [1.54, 1.807) is 39.8 Å². The van der Waals surface area contributed by atoms with Crippen LogP contribution in [0.5, 0.6) is 0 Å². The van der Waals surface area contributed by atoms with Gasteiger partial charge in [0.1, 0.15) is 6.04 Å². The molecule has 0 amide bonds. The summed E-state index contributed by atoms with van der Waals surface area (Å²) >= 11 is 0. The lowest BCUT2D eigenvalue weighted by Crippen LogP contribution is -2.45. The molecule has 118 valence electrons. The minimum atomic E-state index is -3.87. The van der Waals surface area contributed by atoms with Gasteiger partial charge in [-0.05, 0) is 37.0 Å². The highest BCUT2D eigenvalue weighted by Gasteiger charge is 2.31. The molecular formula is C14H22N2O4S. The van der Waals surface area contributed by atoms with Crippen molar-refractivity contribution in [2.45, 2.75) is 38.6 Å². The van der Waals surface area contributed by atoms with E-state index in [4.69, 9.17) is 5.73 Å². The first-order valence-corrected chi connectivity index (χ1v) is 8.06. The van der Waals surface area contributed by atoms with Crippen LogP contribution in [0.25, 0.3) is 0 Å². The van der Waals surface area contributed by atoms with Gasteiger partial charge in [-0.2, -0.15) is 4.72 Å². The van der Waals surface area contributed by atoms with Crippen molar-refractivity contribution in [1.82, 2.24) is 4.72 Å². The number of hydrogen-bond donors (Lipinski definition) is 2. The van der Waals surface area contributed by atoms with Crippen LogP contribution in [-0.4, -0.2) is 27.5 Å². The molecule has 0 saturated heterocycles. The molecule has 0 radical (unpaired) electrons. The number of nitrogens with two attached hydrogens (primary N) is 1. The van der Waals surface area contributed by atoms with Crippen LogP contribution in [0.3, 0.4) is 0 Å². The van der Waals surface area contributed by atoms with Crippen LogP contribution in [-0.2, 0) is 19.6 Å². The zero-order valence-corrected chi connectivity index (χ0v) is 13.7. The summed E-state index contributed by atoms with van der Waals surface area (Å²) < 4.78 is 32.2. The van der Waals surface area contributed by atoms with Crippen LogP contribution in [0.2, 0.25) is 0 Å². The molecule has 6 nitrogen and oxygen atoms in total. The summed E-state index contributed by atoms with van der Waals surface area (Å²) in [5, 5.41) is 0. The lowest BCUT2D eigenvalue weighted by Gasteiger charge is -2.21. The van der Waals surface area contributed by atoms with Crippen molar-refractivity contribution >= 4 is 21.7 Å². The molecule has 1 aromatic carbocycles. The molecule has 1 rings (SSSR count). The van der Waals surface area contributed by atoms with Gasteiger partial charge in [-0.3, -0.25) is 4.79 Å². The first-order valence-electron chi connectivity index (χ1n) is 6.57. The predicted molar refractivity (Wildman–Crippen MR) is 81.3 cm³/mol. The Labute approximate surface area is 125 Å². The van der Waals surface area contributed by atoms with Crippen molar-refractivity contribution in [2.75, 3.05) is 12.8 Å². The normalized spacial score (nSPS) is 13.2. The maximum Gasteiger partial charge on any atom is 0.324 e. The van der Waals surface area contributed by atoms with Crippen LogP contribution in [0.15, 0.2) is 17.0 Å². The molecule has 0 saturated carbocycles. The van der Waals surface area contributed by atoms with Crippen LogP contribution in [0, 0.1) is 19.8 Å². The lowest BCUT2D eigenvalue weighted by atomic mass is 10.1. The van der Waals surface area contributed by atoms with E-state index in [2.05, 4.69) is 9.46 Å². The predicted octanol–water partition coefficient (Wildman–Crippen LogP) is 1.36. The Balaban J connectivity index is 3.30. The second-order valence-corrected chi connectivity index (χ2v) is 6.94. The third-order valence-electron chi connectivity index (χ3n) is 3.32. The Morgan fingerprint density at radius 3 is 2.33 bits per heavy atom. The van der Waals surface area contributed by atoms with Gasteiger partial charge in [-0.1, -0.05) is 19.9 Å². The van der Waals surface area contributed by atoms with Crippen LogP contribution in [0.1, 0.15) is 25.0 Å². The maximum atomic E-state index is 12.6. The van der Waals surface area contributed by atoms with Crippen molar-refractivity contribution in [3.8, 4) is 0 Å². The number of nitrogen functional groups attached to an aromatic ring is 1. The van der Waals surface area contributed by atoms with E-state index in [0.29, 0.717) is 16.8 Å². The first-order chi connectivity index (χ1) is 9.61. The number of rotatable bonds is 5. The fourth-order valence-corrected chi connectivity index (χ4v) is 3.90. The summed E-state index contributed by atoms with van der Waals surface area (Å²) in [6.07, 6.45) is 0. The Hall–Kier alpha value is -1.60.